The highest BCUT2D eigenvalue weighted by Crippen LogP contribution is 2.60. The van der Waals surface area contributed by atoms with Gasteiger partial charge in [-0.25, -0.2) is 0 Å². The molecule has 4 atom stereocenters. The van der Waals surface area contributed by atoms with Crippen molar-refractivity contribution in [2.45, 2.75) is 44.4 Å². The lowest BCUT2D eigenvalue weighted by Crippen LogP contribution is -2.40. The van der Waals surface area contributed by atoms with E-state index >= 15 is 0 Å². The fourth-order valence-corrected chi connectivity index (χ4v) is 4.33. The average molecular weight is 257 g/mol. The minimum absolute atomic E-state index is 0.0587. The number of ketones is 1. The van der Waals surface area contributed by atoms with Gasteiger partial charge in [-0.05, 0) is 43.1 Å². The molecule has 0 amide bonds. The van der Waals surface area contributed by atoms with Crippen LogP contribution in [0.15, 0.2) is 36.3 Å². The number of benzene rings is 1. The van der Waals surface area contributed by atoms with E-state index in [9.17, 15) is 4.79 Å². The van der Waals surface area contributed by atoms with Crippen molar-refractivity contribution < 1.29 is 11.6 Å². The maximum Gasteiger partial charge on any atom is 0.170 e. The number of carbonyl (C=O) groups excluding carboxylic acids is 1. The predicted octanol–water partition coefficient (Wildman–Crippen LogP) is 4.49. The van der Waals surface area contributed by atoms with Gasteiger partial charge in [0.1, 0.15) is 0 Å². The molecule has 3 aliphatic carbocycles. The van der Waals surface area contributed by atoms with Crippen molar-refractivity contribution in [1.29, 1.82) is 0 Å². The van der Waals surface area contributed by atoms with Crippen molar-refractivity contribution in [1.82, 2.24) is 0 Å². The number of rotatable bonds is 1. The van der Waals surface area contributed by atoms with Crippen LogP contribution in [0.1, 0.15) is 67.2 Å². The van der Waals surface area contributed by atoms with Gasteiger partial charge in [-0.3, -0.25) is 4.79 Å². The zero-order valence-corrected chi connectivity index (χ0v) is 10.8. The lowest BCUT2D eigenvalue weighted by atomic mass is 9.59. The first-order chi connectivity index (χ1) is 11.4. The van der Waals surface area contributed by atoms with Gasteiger partial charge in [0.05, 0.1) is 5.48 Å². The Labute approximate surface area is 121 Å². The van der Waals surface area contributed by atoms with Crippen LogP contribution in [0.4, 0.5) is 0 Å². The van der Waals surface area contributed by atoms with E-state index in [1.165, 1.54) is 0 Å². The number of hydrogen-bond acceptors (Lipinski definition) is 1. The lowest BCUT2D eigenvalue weighted by molar-refractivity contribution is 0.0578. The molecule has 1 heteroatoms. The monoisotopic (exact) mass is 257 g/mol. The maximum absolute atomic E-state index is 13.5. The fourth-order valence-electron chi connectivity index (χ4n) is 4.33. The van der Waals surface area contributed by atoms with Gasteiger partial charge in [0.25, 0.3) is 0 Å². The smallest absolute Gasteiger partial charge is 0.170 e. The highest BCUT2D eigenvalue weighted by molar-refractivity contribution is 6.06. The summed E-state index contributed by atoms with van der Waals surface area (Å²) < 4.78 is 40.8. The van der Waals surface area contributed by atoms with Crippen LogP contribution in [-0.2, 0) is 0 Å². The number of hydrogen-bond donors (Lipinski definition) is 0. The molecule has 3 aliphatic rings. The third-order valence-corrected chi connectivity index (χ3v) is 5.13. The van der Waals surface area contributed by atoms with Crippen molar-refractivity contribution >= 4 is 5.78 Å². The van der Waals surface area contributed by atoms with E-state index in [-0.39, 0.29) is 53.7 Å². The first-order valence-corrected chi connectivity index (χ1v) is 7.15. The van der Waals surface area contributed by atoms with Crippen LogP contribution >= 0.6 is 0 Å². The van der Waals surface area contributed by atoms with Gasteiger partial charge in [-0.2, -0.15) is 0 Å². The van der Waals surface area contributed by atoms with E-state index in [1.807, 2.05) is 12.2 Å². The van der Waals surface area contributed by atoms with Crippen molar-refractivity contribution in [2.24, 2.45) is 11.3 Å². The maximum atomic E-state index is 13.5. The molecular formula is C18H20O. The average Bonchev–Trinajstić information content (AvgIpc) is 3.12. The Morgan fingerprint density at radius 2 is 2.21 bits per heavy atom. The summed E-state index contributed by atoms with van der Waals surface area (Å²) in [6.45, 7) is 0. The molecule has 0 heterocycles. The van der Waals surface area contributed by atoms with Crippen LogP contribution in [0.5, 0.6) is 0 Å². The minimum Gasteiger partial charge on any atom is -0.293 e. The number of fused-ring (bicyclic) bond motifs is 3. The van der Waals surface area contributed by atoms with E-state index in [2.05, 4.69) is 0 Å². The number of carbonyl (C=O) groups is 1. The molecule has 1 nitrogen and oxygen atoms in total. The van der Waals surface area contributed by atoms with Crippen LogP contribution in [-0.4, -0.2) is 5.78 Å². The van der Waals surface area contributed by atoms with Gasteiger partial charge < -0.3 is 0 Å². The second-order valence-corrected chi connectivity index (χ2v) is 5.88. The van der Waals surface area contributed by atoms with Gasteiger partial charge in [-0.1, -0.05) is 49.2 Å². The summed E-state index contributed by atoms with van der Waals surface area (Å²) in [4.78, 5) is 13.5. The molecule has 4 rings (SSSR count). The van der Waals surface area contributed by atoms with Crippen LogP contribution in [0, 0.1) is 11.3 Å². The predicted molar refractivity (Wildman–Crippen MR) is 76.3 cm³/mol. The van der Waals surface area contributed by atoms with E-state index in [0.717, 1.165) is 19.3 Å². The molecule has 19 heavy (non-hydrogen) atoms. The molecule has 1 saturated carbocycles. The molecule has 98 valence electrons. The summed E-state index contributed by atoms with van der Waals surface area (Å²) in [6, 6.07) is -0.840. The van der Waals surface area contributed by atoms with E-state index in [4.69, 9.17) is 6.85 Å². The van der Waals surface area contributed by atoms with Gasteiger partial charge in [0.15, 0.2) is 5.78 Å². The van der Waals surface area contributed by atoms with Gasteiger partial charge >= 0.3 is 0 Å². The molecule has 0 bridgehead atoms. The van der Waals surface area contributed by atoms with Crippen molar-refractivity contribution in [3.05, 3.63) is 47.4 Å². The van der Waals surface area contributed by atoms with Crippen LogP contribution in [0.2, 0.25) is 0 Å². The fraction of sp³-hybridized carbons (Fsp3) is 0.500. The summed E-state index contributed by atoms with van der Waals surface area (Å²) in [7, 11) is 0. The summed E-state index contributed by atoms with van der Waals surface area (Å²) in [5.74, 6) is -0.525. The van der Waals surface area contributed by atoms with E-state index in [1.54, 1.807) is 0 Å². The standard InChI is InChI=1S/C18H20O/c19-17-15-10-4-3-9-14(15)16-11-5-6-12-18(16,17)13-7-1-2-8-13/h1,3-4,7,9-10,13,16H,2,5-6,8,11-12H2/t13-,16+,18-/m0/s1/i3D,4D,8D,9D,10D/t8?,13-,16+,18-. The van der Waals surface area contributed by atoms with Gasteiger partial charge in [-0.15, -0.1) is 0 Å². The second kappa shape index (κ2) is 4.06. The highest BCUT2D eigenvalue weighted by Gasteiger charge is 2.56. The summed E-state index contributed by atoms with van der Waals surface area (Å²) in [5, 5.41) is 0. The topological polar surface area (TPSA) is 17.1 Å². The third-order valence-electron chi connectivity index (χ3n) is 5.13. The zero-order chi connectivity index (χ0) is 17.2. The SMILES string of the molecule is [2H]c1c([2H])c([2H])c2c(c1[2H])C(=O)[C@]1([C@H]3C=CCC3[2H])CCCC[C@H]21. The normalized spacial score (nSPS) is 43.9. The van der Waals surface area contributed by atoms with Crippen LogP contribution in [0.3, 0.4) is 0 Å². The molecule has 1 unspecified atom stereocenters. The molecule has 0 radical (unpaired) electrons. The first kappa shape index (κ1) is 7.42. The largest absolute Gasteiger partial charge is 0.293 e. The Morgan fingerprint density at radius 3 is 3.05 bits per heavy atom. The number of Topliss-reactive ketones (excluding diaryl/α,β-unsaturated/α-hetero) is 1. The summed E-state index contributed by atoms with van der Waals surface area (Å²) in [6.07, 6.45) is 7.53. The lowest BCUT2D eigenvalue weighted by Gasteiger charge is -2.42. The third kappa shape index (κ3) is 1.39. The van der Waals surface area contributed by atoms with Gasteiger partial charge in [0, 0.05) is 12.3 Å². The molecule has 0 aliphatic heterocycles. The summed E-state index contributed by atoms with van der Waals surface area (Å²) >= 11 is 0. The van der Waals surface area contributed by atoms with Crippen LogP contribution < -0.4 is 0 Å². The highest BCUT2D eigenvalue weighted by atomic mass is 16.1. The molecule has 1 aromatic carbocycles. The molecule has 0 saturated heterocycles. The van der Waals surface area contributed by atoms with E-state index in [0.29, 0.717) is 18.4 Å². The van der Waals surface area contributed by atoms with Crippen molar-refractivity contribution in [3.63, 3.8) is 0 Å². The first-order valence-electron chi connectivity index (χ1n) is 9.73. The van der Waals surface area contributed by atoms with Crippen LogP contribution in [0.25, 0.3) is 0 Å². The Balaban J connectivity index is 1.99. The zero-order valence-electron chi connectivity index (χ0n) is 15.8. The molecule has 0 N–H and O–H groups in total. The minimum atomic E-state index is -0.744. The van der Waals surface area contributed by atoms with Gasteiger partial charge in [0.2, 0.25) is 0 Å². The second-order valence-electron chi connectivity index (χ2n) is 5.88. The molecule has 1 aromatic rings. The quantitative estimate of drug-likeness (QED) is 0.677. The molecule has 1 fully saturated rings. The van der Waals surface area contributed by atoms with E-state index < -0.39 is 5.41 Å². The Bertz CT molecular complexity index is 771. The molecular weight excluding hydrogens is 232 g/mol. The Morgan fingerprint density at radius 1 is 1.32 bits per heavy atom. The van der Waals surface area contributed by atoms with Crippen molar-refractivity contribution in [2.75, 3.05) is 0 Å². The summed E-state index contributed by atoms with van der Waals surface area (Å²) in [5.41, 5.74) is -0.0372. The Hall–Kier alpha value is -1.37. The molecule has 0 aromatic heterocycles. The van der Waals surface area contributed by atoms with Crippen molar-refractivity contribution in [3.8, 4) is 0 Å². The molecule has 0 spiro atoms. The Kier molecular flexibility index (Phi) is 1.59. The number of allylic oxidation sites excluding steroid dienone is 2.